The fraction of sp³-hybridized carbons (Fsp3) is 0.250. The molecule has 0 unspecified atom stereocenters. The lowest BCUT2D eigenvalue weighted by molar-refractivity contribution is -0.148. The quantitative estimate of drug-likeness (QED) is 0.566. The molecule has 2 amide bonds. The summed E-state index contributed by atoms with van der Waals surface area (Å²) in [6, 6.07) is 11.1. The molecule has 0 radical (unpaired) electrons. The van der Waals surface area contributed by atoms with Crippen LogP contribution < -0.4 is 5.32 Å². The van der Waals surface area contributed by atoms with Gasteiger partial charge in [-0.1, -0.05) is 29.8 Å². The minimum Gasteiger partial charge on any atom is -0.467 e. The molecule has 0 saturated carbocycles. The molecule has 0 saturated heterocycles. The Balaban J connectivity index is 1.69. The molecule has 142 valence electrons. The lowest BCUT2D eigenvalue weighted by Gasteiger charge is -2.16. The van der Waals surface area contributed by atoms with Gasteiger partial charge >= 0.3 is 5.97 Å². The Morgan fingerprint density at radius 1 is 1.19 bits per heavy atom. The van der Waals surface area contributed by atoms with E-state index in [2.05, 4.69) is 5.32 Å². The molecule has 7 nitrogen and oxygen atoms in total. The summed E-state index contributed by atoms with van der Waals surface area (Å²) in [7, 11) is 1.46. The summed E-state index contributed by atoms with van der Waals surface area (Å²) < 4.78 is 10.0. The van der Waals surface area contributed by atoms with Gasteiger partial charge in [0, 0.05) is 13.1 Å². The van der Waals surface area contributed by atoms with E-state index >= 15 is 0 Å². The maximum Gasteiger partial charge on any atom is 0.331 e. The lowest BCUT2D eigenvalue weighted by atomic mass is 10.1. The Morgan fingerprint density at radius 2 is 1.93 bits per heavy atom. The van der Waals surface area contributed by atoms with Crippen LogP contribution in [0.2, 0.25) is 0 Å². The summed E-state index contributed by atoms with van der Waals surface area (Å²) >= 11 is 0. The van der Waals surface area contributed by atoms with Gasteiger partial charge in [-0.3, -0.25) is 9.59 Å². The van der Waals surface area contributed by atoms with Crippen molar-refractivity contribution in [1.82, 2.24) is 10.2 Å². The van der Waals surface area contributed by atoms with Crippen LogP contribution in [0.25, 0.3) is 6.08 Å². The topological polar surface area (TPSA) is 88.9 Å². The Bertz CT molecular complexity index is 794. The Labute approximate surface area is 157 Å². The van der Waals surface area contributed by atoms with Crippen molar-refractivity contribution >= 4 is 23.9 Å². The minimum absolute atomic E-state index is 0.143. The van der Waals surface area contributed by atoms with E-state index in [1.807, 2.05) is 31.2 Å². The van der Waals surface area contributed by atoms with E-state index in [4.69, 9.17) is 9.15 Å². The summed E-state index contributed by atoms with van der Waals surface area (Å²) in [6.45, 7) is 1.64. The first-order chi connectivity index (χ1) is 12.9. The van der Waals surface area contributed by atoms with E-state index < -0.39 is 18.5 Å². The highest BCUT2D eigenvalue weighted by Gasteiger charge is 2.14. The maximum absolute atomic E-state index is 12.0. The van der Waals surface area contributed by atoms with Crippen molar-refractivity contribution in [1.29, 1.82) is 0 Å². The van der Waals surface area contributed by atoms with E-state index in [1.165, 1.54) is 24.3 Å². The van der Waals surface area contributed by atoms with E-state index in [0.29, 0.717) is 5.76 Å². The third-order valence-electron chi connectivity index (χ3n) is 3.67. The van der Waals surface area contributed by atoms with Gasteiger partial charge in [0.1, 0.15) is 5.76 Å². The number of carbonyl (C=O) groups excluding carboxylic acids is 3. The van der Waals surface area contributed by atoms with Gasteiger partial charge in [0.25, 0.3) is 5.91 Å². The fourth-order valence-electron chi connectivity index (χ4n) is 2.09. The first-order valence-corrected chi connectivity index (χ1v) is 8.38. The lowest BCUT2D eigenvalue weighted by Crippen LogP contribution is -2.39. The number of furan rings is 1. The zero-order valence-corrected chi connectivity index (χ0v) is 15.3. The number of ether oxygens (including phenoxy) is 1. The molecule has 0 fully saturated rings. The monoisotopic (exact) mass is 370 g/mol. The first-order valence-electron chi connectivity index (χ1n) is 8.38. The minimum atomic E-state index is -0.625. The highest BCUT2D eigenvalue weighted by molar-refractivity contribution is 5.90. The van der Waals surface area contributed by atoms with Crippen LogP contribution in [0.3, 0.4) is 0 Å². The smallest absolute Gasteiger partial charge is 0.331 e. The standard InChI is InChI=1S/C20H22N2O5/c1-15-5-7-16(8-6-15)9-10-20(25)27-14-19(24)22(2)13-18(23)21-12-17-4-3-11-26-17/h3-11H,12-14H2,1-2H3,(H,21,23)/b10-9+. The molecule has 7 heteroatoms. The van der Waals surface area contributed by atoms with Gasteiger partial charge in [0.15, 0.2) is 6.61 Å². The van der Waals surface area contributed by atoms with Crippen molar-refractivity contribution in [2.45, 2.75) is 13.5 Å². The highest BCUT2D eigenvalue weighted by Crippen LogP contribution is 2.05. The first kappa shape index (κ1) is 20.0. The van der Waals surface area contributed by atoms with Gasteiger partial charge in [-0.15, -0.1) is 0 Å². The Morgan fingerprint density at radius 3 is 2.59 bits per heavy atom. The van der Waals surface area contributed by atoms with Gasteiger partial charge in [0.05, 0.1) is 19.4 Å². The summed E-state index contributed by atoms with van der Waals surface area (Å²) in [5.41, 5.74) is 1.98. The van der Waals surface area contributed by atoms with Crippen LogP contribution in [0.1, 0.15) is 16.9 Å². The second kappa shape index (κ2) is 9.96. The average Bonchev–Trinajstić information content (AvgIpc) is 3.17. The average molecular weight is 370 g/mol. The van der Waals surface area contributed by atoms with Crippen LogP contribution in [-0.4, -0.2) is 42.9 Å². The largest absolute Gasteiger partial charge is 0.467 e. The fourth-order valence-corrected chi connectivity index (χ4v) is 2.09. The zero-order valence-electron chi connectivity index (χ0n) is 15.3. The van der Waals surface area contributed by atoms with Crippen molar-refractivity contribution in [3.05, 3.63) is 65.6 Å². The molecule has 1 aromatic carbocycles. The molecular weight excluding hydrogens is 348 g/mol. The molecule has 27 heavy (non-hydrogen) atoms. The predicted octanol–water partition coefficient (Wildman–Crippen LogP) is 1.92. The van der Waals surface area contributed by atoms with Gasteiger partial charge in [-0.25, -0.2) is 4.79 Å². The molecule has 0 atom stereocenters. The van der Waals surface area contributed by atoms with E-state index in [-0.39, 0.29) is 19.0 Å². The molecule has 0 aliphatic heterocycles. The number of rotatable bonds is 8. The number of carbonyl (C=O) groups is 3. The van der Waals surface area contributed by atoms with Crippen LogP contribution in [0.15, 0.2) is 53.2 Å². The van der Waals surface area contributed by atoms with Gasteiger partial charge in [0.2, 0.25) is 5.91 Å². The van der Waals surface area contributed by atoms with Gasteiger partial charge in [-0.2, -0.15) is 0 Å². The molecule has 2 rings (SSSR count). The predicted molar refractivity (Wildman–Crippen MR) is 99.4 cm³/mol. The Kier molecular flexibility index (Phi) is 7.37. The number of aryl methyl sites for hydroxylation is 1. The van der Waals surface area contributed by atoms with Gasteiger partial charge < -0.3 is 19.4 Å². The van der Waals surface area contributed by atoms with Crippen LogP contribution in [0.5, 0.6) is 0 Å². The number of nitrogens with zero attached hydrogens (tertiary/aromatic N) is 1. The zero-order chi connectivity index (χ0) is 19.6. The summed E-state index contributed by atoms with van der Waals surface area (Å²) in [6.07, 6.45) is 4.38. The molecule has 0 bridgehead atoms. The van der Waals surface area contributed by atoms with E-state index in [0.717, 1.165) is 11.1 Å². The molecule has 1 heterocycles. The number of likely N-dealkylation sites (N-methyl/N-ethyl adjacent to an activating group) is 1. The third-order valence-corrected chi connectivity index (χ3v) is 3.67. The molecule has 1 aromatic heterocycles. The van der Waals surface area contributed by atoms with Crippen LogP contribution in [-0.2, 0) is 25.7 Å². The second-order valence-corrected chi connectivity index (χ2v) is 5.96. The molecule has 0 aliphatic carbocycles. The molecule has 2 aromatic rings. The van der Waals surface area contributed by atoms with Crippen molar-refractivity contribution in [2.24, 2.45) is 0 Å². The normalized spacial score (nSPS) is 10.6. The van der Waals surface area contributed by atoms with Crippen LogP contribution in [0, 0.1) is 6.92 Å². The number of nitrogens with one attached hydrogen (secondary N) is 1. The van der Waals surface area contributed by atoms with E-state index in [1.54, 1.807) is 18.2 Å². The van der Waals surface area contributed by atoms with Crippen LogP contribution in [0.4, 0.5) is 0 Å². The van der Waals surface area contributed by atoms with Crippen molar-refractivity contribution in [3.8, 4) is 0 Å². The number of benzene rings is 1. The van der Waals surface area contributed by atoms with Crippen molar-refractivity contribution in [2.75, 3.05) is 20.2 Å². The summed E-state index contributed by atoms with van der Waals surface area (Å²) in [4.78, 5) is 36.6. The maximum atomic E-state index is 12.0. The Hall–Kier alpha value is -3.35. The van der Waals surface area contributed by atoms with E-state index in [9.17, 15) is 14.4 Å². The van der Waals surface area contributed by atoms with Crippen LogP contribution >= 0.6 is 0 Å². The van der Waals surface area contributed by atoms with Gasteiger partial charge in [-0.05, 0) is 30.7 Å². The van der Waals surface area contributed by atoms with Crippen molar-refractivity contribution < 1.29 is 23.5 Å². The summed E-state index contributed by atoms with van der Waals surface area (Å²) in [5, 5.41) is 2.63. The molecule has 0 spiro atoms. The van der Waals surface area contributed by atoms with Crippen molar-refractivity contribution in [3.63, 3.8) is 0 Å². The number of amides is 2. The molecule has 0 aliphatic rings. The number of hydrogen-bond donors (Lipinski definition) is 1. The third kappa shape index (κ3) is 7.19. The SMILES string of the molecule is Cc1ccc(/C=C/C(=O)OCC(=O)N(C)CC(=O)NCc2ccco2)cc1. The molecule has 1 N–H and O–H groups in total. The second-order valence-electron chi connectivity index (χ2n) is 5.96. The summed E-state index contributed by atoms with van der Waals surface area (Å²) in [5.74, 6) is -0.820. The number of hydrogen-bond acceptors (Lipinski definition) is 5. The number of esters is 1. The molecular formula is C20H22N2O5. The highest BCUT2D eigenvalue weighted by atomic mass is 16.5.